The fourth-order valence-corrected chi connectivity index (χ4v) is 2.52. The van der Waals surface area contributed by atoms with Crippen LogP contribution in [0.2, 0.25) is 0 Å². The summed E-state index contributed by atoms with van der Waals surface area (Å²) in [6.45, 7) is 1.92. The zero-order chi connectivity index (χ0) is 18.8. The lowest BCUT2D eigenvalue weighted by molar-refractivity contribution is 0.0950. The molecule has 138 valence electrons. The molecule has 0 radical (unpaired) electrons. The van der Waals surface area contributed by atoms with Crippen LogP contribution in [-0.2, 0) is 6.61 Å². The zero-order valence-electron chi connectivity index (χ0n) is 14.6. The Morgan fingerprint density at radius 3 is 2.78 bits per heavy atom. The highest BCUT2D eigenvalue weighted by Gasteiger charge is 2.24. The van der Waals surface area contributed by atoms with Gasteiger partial charge in [0.1, 0.15) is 23.9 Å². The Labute approximate surface area is 154 Å². The number of hydrogen-bond donors (Lipinski definition) is 1. The molecule has 8 heteroatoms. The minimum atomic E-state index is -0.424. The number of rotatable bonds is 6. The standard InChI is InChI=1S/C19H17FN4O3/c1-11-15(18(24-27-11)16-6-3-13(20)9-21-16)10-26-17-7-2-12(8-22-17)19(25)23-14-4-5-14/h2-3,6-9,14H,4-5,10H2,1H3,(H,23,25). The Kier molecular flexibility index (Phi) is 4.53. The van der Waals surface area contributed by atoms with Gasteiger partial charge < -0.3 is 14.6 Å². The lowest BCUT2D eigenvalue weighted by Gasteiger charge is -2.07. The summed E-state index contributed by atoms with van der Waals surface area (Å²) in [5.41, 5.74) is 2.18. The van der Waals surface area contributed by atoms with Crippen molar-refractivity contribution >= 4 is 5.91 Å². The van der Waals surface area contributed by atoms with Crippen LogP contribution in [0, 0.1) is 12.7 Å². The van der Waals surface area contributed by atoms with Crippen LogP contribution in [0.1, 0.15) is 34.5 Å². The summed E-state index contributed by atoms with van der Waals surface area (Å²) in [6.07, 6.45) is 4.67. The number of ether oxygens (including phenoxy) is 1. The van der Waals surface area contributed by atoms with Crippen molar-refractivity contribution < 1.29 is 18.4 Å². The van der Waals surface area contributed by atoms with Crippen molar-refractivity contribution in [3.05, 3.63) is 59.4 Å². The van der Waals surface area contributed by atoms with Crippen LogP contribution in [0.5, 0.6) is 5.88 Å². The summed E-state index contributed by atoms with van der Waals surface area (Å²) in [6, 6.07) is 6.44. The van der Waals surface area contributed by atoms with E-state index in [-0.39, 0.29) is 12.5 Å². The topological polar surface area (TPSA) is 90.1 Å². The molecule has 0 unspecified atom stereocenters. The Morgan fingerprint density at radius 2 is 2.11 bits per heavy atom. The van der Waals surface area contributed by atoms with E-state index < -0.39 is 5.82 Å². The summed E-state index contributed by atoms with van der Waals surface area (Å²) in [5.74, 6) is 0.399. The van der Waals surface area contributed by atoms with Gasteiger partial charge in [0.05, 0.1) is 23.0 Å². The Balaban J connectivity index is 1.45. The molecular formula is C19H17FN4O3. The van der Waals surface area contributed by atoms with Crippen LogP contribution in [0.4, 0.5) is 4.39 Å². The van der Waals surface area contributed by atoms with Gasteiger partial charge >= 0.3 is 0 Å². The molecule has 1 amide bonds. The van der Waals surface area contributed by atoms with Crippen LogP contribution in [0.25, 0.3) is 11.4 Å². The van der Waals surface area contributed by atoms with Gasteiger partial charge in [0, 0.05) is 18.3 Å². The van der Waals surface area contributed by atoms with Crippen molar-refractivity contribution in [2.75, 3.05) is 0 Å². The van der Waals surface area contributed by atoms with Crippen LogP contribution < -0.4 is 10.1 Å². The average Bonchev–Trinajstić information content (AvgIpc) is 3.42. The van der Waals surface area contributed by atoms with Crippen LogP contribution >= 0.6 is 0 Å². The minimum absolute atomic E-state index is 0.129. The first kappa shape index (κ1) is 17.1. The van der Waals surface area contributed by atoms with E-state index in [4.69, 9.17) is 9.26 Å². The van der Waals surface area contributed by atoms with Gasteiger partial charge in [0.2, 0.25) is 5.88 Å². The highest BCUT2D eigenvalue weighted by atomic mass is 19.1. The monoisotopic (exact) mass is 368 g/mol. The molecule has 3 aromatic rings. The molecule has 1 N–H and O–H groups in total. The van der Waals surface area contributed by atoms with Crippen molar-refractivity contribution in [2.24, 2.45) is 0 Å². The Hall–Kier alpha value is -3.29. The summed E-state index contributed by atoms with van der Waals surface area (Å²) >= 11 is 0. The third-order valence-electron chi connectivity index (χ3n) is 4.23. The number of carbonyl (C=O) groups is 1. The predicted octanol–water partition coefficient (Wildman–Crippen LogP) is 3.05. The van der Waals surface area contributed by atoms with Gasteiger partial charge in [-0.1, -0.05) is 5.16 Å². The predicted molar refractivity (Wildman–Crippen MR) is 93.5 cm³/mol. The molecule has 0 bridgehead atoms. The van der Waals surface area contributed by atoms with Crippen molar-refractivity contribution in [3.8, 4) is 17.3 Å². The number of pyridine rings is 2. The molecule has 7 nitrogen and oxygen atoms in total. The van der Waals surface area contributed by atoms with Gasteiger partial charge in [-0.3, -0.25) is 9.78 Å². The molecule has 27 heavy (non-hydrogen) atoms. The molecule has 1 saturated carbocycles. The number of nitrogens with zero attached hydrogens (tertiary/aromatic N) is 3. The number of nitrogens with one attached hydrogen (secondary N) is 1. The van der Waals surface area contributed by atoms with Crippen LogP contribution in [0.15, 0.2) is 41.2 Å². The molecule has 3 aromatic heterocycles. The van der Waals surface area contributed by atoms with Crippen molar-refractivity contribution in [2.45, 2.75) is 32.4 Å². The number of hydrogen-bond acceptors (Lipinski definition) is 6. The van der Waals surface area contributed by atoms with E-state index in [1.165, 1.54) is 18.3 Å². The second-order valence-corrected chi connectivity index (χ2v) is 6.35. The molecule has 0 spiro atoms. The normalized spacial score (nSPS) is 13.4. The number of aryl methyl sites for hydroxylation is 1. The molecule has 1 aliphatic rings. The van der Waals surface area contributed by atoms with Crippen molar-refractivity contribution in [1.29, 1.82) is 0 Å². The number of amides is 1. The summed E-state index contributed by atoms with van der Waals surface area (Å²) in [7, 11) is 0. The third-order valence-corrected chi connectivity index (χ3v) is 4.23. The lowest BCUT2D eigenvalue weighted by Crippen LogP contribution is -2.25. The molecule has 1 fully saturated rings. The number of carbonyl (C=O) groups excluding carboxylic acids is 1. The first-order chi connectivity index (χ1) is 13.1. The van der Waals surface area contributed by atoms with Crippen molar-refractivity contribution in [1.82, 2.24) is 20.4 Å². The van der Waals surface area contributed by atoms with Gasteiger partial charge in [-0.05, 0) is 38.0 Å². The highest BCUT2D eigenvalue weighted by molar-refractivity contribution is 5.94. The third kappa shape index (κ3) is 3.94. The molecule has 0 aromatic carbocycles. The lowest BCUT2D eigenvalue weighted by atomic mass is 10.1. The Bertz CT molecular complexity index is 950. The van der Waals surface area contributed by atoms with E-state index in [0.29, 0.717) is 40.2 Å². The maximum atomic E-state index is 13.1. The minimum Gasteiger partial charge on any atom is -0.473 e. The van der Waals surface area contributed by atoms with Gasteiger partial charge in [-0.15, -0.1) is 0 Å². The zero-order valence-corrected chi connectivity index (χ0v) is 14.6. The molecule has 0 aliphatic heterocycles. The van der Waals surface area contributed by atoms with Gasteiger partial charge in [0.15, 0.2) is 0 Å². The highest BCUT2D eigenvalue weighted by Crippen LogP contribution is 2.25. The van der Waals surface area contributed by atoms with E-state index in [9.17, 15) is 9.18 Å². The molecule has 0 saturated heterocycles. The fourth-order valence-electron chi connectivity index (χ4n) is 2.52. The molecule has 0 atom stereocenters. The van der Waals surface area contributed by atoms with Gasteiger partial charge in [0.25, 0.3) is 5.91 Å². The fraction of sp³-hybridized carbons (Fsp3) is 0.263. The maximum Gasteiger partial charge on any atom is 0.253 e. The summed E-state index contributed by atoms with van der Waals surface area (Å²) < 4.78 is 24.0. The largest absolute Gasteiger partial charge is 0.473 e. The Morgan fingerprint density at radius 1 is 1.26 bits per heavy atom. The second kappa shape index (κ2) is 7.14. The van der Waals surface area contributed by atoms with E-state index in [2.05, 4.69) is 20.4 Å². The van der Waals surface area contributed by atoms with Crippen LogP contribution in [-0.4, -0.2) is 27.1 Å². The maximum absolute atomic E-state index is 13.1. The smallest absolute Gasteiger partial charge is 0.253 e. The number of aromatic nitrogens is 3. The van der Waals surface area contributed by atoms with Gasteiger partial charge in [-0.25, -0.2) is 9.37 Å². The first-order valence-corrected chi connectivity index (χ1v) is 8.57. The quantitative estimate of drug-likeness (QED) is 0.719. The van der Waals surface area contributed by atoms with Crippen LogP contribution in [0.3, 0.4) is 0 Å². The summed E-state index contributed by atoms with van der Waals surface area (Å²) in [4.78, 5) is 20.2. The van der Waals surface area contributed by atoms with Gasteiger partial charge in [-0.2, -0.15) is 0 Å². The number of halogens is 1. The molecule has 3 heterocycles. The first-order valence-electron chi connectivity index (χ1n) is 8.57. The van der Waals surface area contributed by atoms with E-state index in [1.54, 1.807) is 19.1 Å². The van der Waals surface area contributed by atoms with Crippen molar-refractivity contribution in [3.63, 3.8) is 0 Å². The van der Waals surface area contributed by atoms with E-state index in [0.717, 1.165) is 19.0 Å². The summed E-state index contributed by atoms with van der Waals surface area (Å²) in [5, 5.41) is 6.89. The molecule has 4 rings (SSSR count). The van der Waals surface area contributed by atoms with E-state index >= 15 is 0 Å². The molecule has 1 aliphatic carbocycles. The SMILES string of the molecule is Cc1onc(-c2ccc(F)cn2)c1COc1ccc(C(=O)NC2CC2)cn1. The van der Waals surface area contributed by atoms with E-state index in [1.807, 2.05) is 0 Å². The molecular weight excluding hydrogens is 351 g/mol. The average molecular weight is 368 g/mol. The second-order valence-electron chi connectivity index (χ2n) is 6.35.